The summed E-state index contributed by atoms with van der Waals surface area (Å²) < 4.78 is 26.3. The van der Waals surface area contributed by atoms with Crippen LogP contribution in [0.1, 0.15) is 50.4 Å². The average Bonchev–Trinajstić information content (AvgIpc) is 3.23. The topological polar surface area (TPSA) is 121 Å². The molecule has 2 N–H and O–H groups in total. The van der Waals surface area contributed by atoms with Crippen molar-refractivity contribution in [2.45, 2.75) is 51.8 Å². The Morgan fingerprint density at radius 3 is 2.41 bits per heavy atom. The van der Waals surface area contributed by atoms with E-state index >= 15 is 0 Å². The second-order valence-electron chi connectivity index (χ2n) is 8.60. The van der Waals surface area contributed by atoms with Crippen LogP contribution >= 0.6 is 11.3 Å². The summed E-state index contributed by atoms with van der Waals surface area (Å²) in [6.07, 6.45) is 0.172. The van der Waals surface area contributed by atoms with Crippen molar-refractivity contribution in [3.05, 3.63) is 80.8 Å². The number of hydrogen-bond acceptors (Lipinski definition) is 8. The number of benzene rings is 2. The van der Waals surface area contributed by atoms with E-state index < -0.39 is 17.3 Å². The first-order chi connectivity index (χ1) is 17.8. The number of thiazole rings is 1. The molecule has 4 rings (SSSR count). The van der Waals surface area contributed by atoms with Crippen LogP contribution in [0.5, 0.6) is 0 Å². The van der Waals surface area contributed by atoms with Gasteiger partial charge in [-0.15, -0.1) is 11.3 Å². The molecule has 3 atom stereocenters. The lowest BCUT2D eigenvalue weighted by Crippen LogP contribution is -2.45. The molecule has 37 heavy (non-hydrogen) atoms. The van der Waals surface area contributed by atoms with Gasteiger partial charge in [-0.05, 0) is 43.5 Å². The van der Waals surface area contributed by atoms with Gasteiger partial charge in [0, 0.05) is 11.3 Å². The second kappa shape index (κ2) is 11.9. The molecule has 1 amide bonds. The van der Waals surface area contributed by atoms with Gasteiger partial charge in [0.2, 0.25) is 6.23 Å². The lowest BCUT2D eigenvalue weighted by Gasteiger charge is -2.35. The fourth-order valence-electron chi connectivity index (χ4n) is 4.05. The van der Waals surface area contributed by atoms with Gasteiger partial charge in [0.25, 0.3) is 5.91 Å². The molecule has 3 unspecified atom stereocenters. The van der Waals surface area contributed by atoms with Gasteiger partial charge >= 0.3 is 0 Å². The highest BCUT2D eigenvalue weighted by molar-refractivity contribution is 7.78. The summed E-state index contributed by atoms with van der Waals surface area (Å²) in [5, 5.41) is 10.1. The third kappa shape index (κ3) is 6.55. The molecule has 0 saturated heterocycles. The number of nitrogens with zero attached hydrogens (tertiary/aromatic N) is 3. The largest absolute Gasteiger partial charge is 0.340 e. The van der Waals surface area contributed by atoms with Crippen LogP contribution in [0.25, 0.3) is 0 Å². The summed E-state index contributed by atoms with van der Waals surface area (Å²) in [7, 11) is 0. The smallest absolute Gasteiger partial charge is 0.267 e. The maximum atomic E-state index is 12.6. The highest BCUT2D eigenvalue weighted by Gasteiger charge is 2.31. The van der Waals surface area contributed by atoms with Crippen molar-refractivity contribution in [2.24, 2.45) is 5.10 Å². The second-order valence-corrected chi connectivity index (χ2v) is 10.7. The van der Waals surface area contributed by atoms with E-state index in [0.29, 0.717) is 34.9 Å². The van der Waals surface area contributed by atoms with Crippen molar-refractivity contribution < 1.29 is 23.1 Å². The van der Waals surface area contributed by atoms with Crippen molar-refractivity contribution in [1.29, 1.82) is 0 Å². The Bertz CT molecular complexity index is 1320. The number of ether oxygens (including phenoxy) is 1. The molecule has 0 aliphatic carbocycles. The van der Waals surface area contributed by atoms with Gasteiger partial charge < -0.3 is 14.6 Å². The van der Waals surface area contributed by atoms with Gasteiger partial charge in [0.05, 0.1) is 28.7 Å². The number of hydrazone groups is 1. The van der Waals surface area contributed by atoms with Crippen molar-refractivity contribution >= 4 is 46.0 Å². The molecular weight excluding hydrogens is 512 g/mol. The molecule has 0 bridgehead atoms. The molecule has 194 valence electrons. The van der Waals surface area contributed by atoms with E-state index in [-0.39, 0.29) is 17.8 Å². The van der Waals surface area contributed by atoms with Crippen LogP contribution in [0.15, 0.2) is 53.6 Å². The molecule has 0 radical (unpaired) electrons. The van der Waals surface area contributed by atoms with Gasteiger partial charge in [-0.25, -0.2) is 9.19 Å². The van der Waals surface area contributed by atoms with Crippen LogP contribution in [0.2, 0.25) is 0 Å². The zero-order valence-corrected chi connectivity index (χ0v) is 22.3. The number of aryl methyl sites for hydroxylation is 2. The van der Waals surface area contributed by atoms with E-state index in [1.165, 1.54) is 11.3 Å². The van der Waals surface area contributed by atoms with E-state index in [0.717, 1.165) is 28.0 Å². The van der Waals surface area contributed by atoms with E-state index in [4.69, 9.17) is 14.4 Å². The molecule has 11 heteroatoms. The normalized spacial score (nSPS) is 18.3. The number of nitrogens with one attached hydrogen (secondary N) is 1. The molecule has 9 nitrogen and oxygen atoms in total. The summed E-state index contributed by atoms with van der Waals surface area (Å²) in [6.45, 7) is 5.97. The summed E-state index contributed by atoms with van der Waals surface area (Å²) in [6, 6.07) is 14.6. The van der Waals surface area contributed by atoms with Crippen molar-refractivity contribution in [3.8, 4) is 0 Å². The number of anilines is 1. The Hall–Kier alpha value is -3.25. The summed E-state index contributed by atoms with van der Waals surface area (Å²) in [4.78, 5) is 29.3. The van der Waals surface area contributed by atoms with Crippen LogP contribution in [-0.2, 0) is 32.9 Å². The van der Waals surface area contributed by atoms with Crippen molar-refractivity contribution in [2.75, 3.05) is 5.32 Å². The van der Waals surface area contributed by atoms with Gasteiger partial charge in [0.1, 0.15) is 11.0 Å². The van der Waals surface area contributed by atoms with Gasteiger partial charge in [0.15, 0.2) is 17.4 Å². The van der Waals surface area contributed by atoms with Crippen LogP contribution in [0, 0.1) is 13.8 Å². The third-order valence-corrected chi connectivity index (χ3v) is 7.48. The first-order valence-corrected chi connectivity index (χ1v) is 13.8. The molecule has 0 fully saturated rings. The first-order valence-electron chi connectivity index (χ1n) is 11.7. The van der Waals surface area contributed by atoms with Gasteiger partial charge in [-0.1, -0.05) is 43.3 Å². The summed E-state index contributed by atoms with van der Waals surface area (Å²) >= 11 is -0.556. The zero-order valence-electron chi connectivity index (χ0n) is 20.7. The van der Waals surface area contributed by atoms with Gasteiger partial charge in [-0.3, -0.25) is 14.6 Å². The van der Waals surface area contributed by atoms with Crippen molar-refractivity contribution in [1.82, 2.24) is 9.99 Å². The number of carbonyl (C=O) groups excluding carboxylic acids is 2. The first kappa shape index (κ1) is 26.8. The SMILES string of the molecule is CCC1OC(C=O)N(Cc2ccc(NC(=O)c3sc(C)nc3C)cc2)N=C1c1ccc(CS(=O)O)cc1. The van der Waals surface area contributed by atoms with Crippen LogP contribution in [0.3, 0.4) is 0 Å². The Balaban J connectivity index is 1.51. The molecule has 1 aromatic heterocycles. The van der Waals surface area contributed by atoms with E-state index in [9.17, 15) is 13.8 Å². The number of aldehydes is 1. The summed E-state index contributed by atoms with van der Waals surface area (Å²) in [5.41, 5.74) is 4.50. The zero-order chi connectivity index (χ0) is 26.5. The quantitative estimate of drug-likeness (QED) is 0.307. The van der Waals surface area contributed by atoms with Crippen LogP contribution in [0.4, 0.5) is 5.69 Å². The number of rotatable bonds is 9. The predicted molar refractivity (Wildman–Crippen MR) is 144 cm³/mol. The Morgan fingerprint density at radius 2 is 1.84 bits per heavy atom. The molecular formula is C26H28N4O5S2. The summed E-state index contributed by atoms with van der Waals surface area (Å²) in [5.74, 6) is -0.142. The Labute approximate surface area is 221 Å². The monoisotopic (exact) mass is 540 g/mol. The van der Waals surface area contributed by atoms with Crippen LogP contribution in [-0.4, -0.2) is 49.0 Å². The minimum atomic E-state index is -1.91. The minimum absolute atomic E-state index is 0.0553. The number of amides is 1. The highest BCUT2D eigenvalue weighted by atomic mass is 32.2. The number of hydrogen-bond donors (Lipinski definition) is 2. The highest BCUT2D eigenvalue weighted by Crippen LogP contribution is 2.24. The maximum Gasteiger partial charge on any atom is 0.267 e. The lowest BCUT2D eigenvalue weighted by atomic mass is 10.0. The molecule has 1 aliphatic heterocycles. The number of carbonyl (C=O) groups is 2. The molecule has 0 saturated carbocycles. The fourth-order valence-corrected chi connectivity index (χ4v) is 5.34. The average molecular weight is 541 g/mol. The number of aromatic nitrogens is 1. The van der Waals surface area contributed by atoms with E-state index in [1.54, 1.807) is 29.3 Å². The van der Waals surface area contributed by atoms with E-state index in [2.05, 4.69) is 10.3 Å². The minimum Gasteiger partial charge on any atom is -0.340 e. The standard InChI is InChI=1S/C26H28N4O5S2/c1-4-22-24(20-9-5-19(6-10-20)15-37(33)34)29-30(23(14-31)35-22)13-18-7-11-21(12-8-18)28-26(32)25-16(2)27-17(3)36-25/h5-12,14,22-23H,4,13,15H2,1-3H3,(H,28,32)(H,33,34). The maximum absolute atomic E-state index is 12.6. The van der Waals surface area contributed by atoms with Gasteiger partial charge in [-0.2, -0.15) is 5.10 Å². The molecule has 0 spiro atoms. The van der Waals surface area contributed by atoms with Crippen molar-refractivity contribution in [3.63, 3.8) is 0 Å². The molecule has 3 aromatic rings. The molecule has 2 aromatic carbocycles. The lowest BCUT2D eigenvalue weighted by molar-refractivity contribution is -0.139. The predicted octanol–water partition coefficient (Wildman–Crippen LogP) is 4.27. The fraction of sp³-hybridized carbons (Fsp3) is 0.308. The molecule has 2 heterocycles. The van der Waals surface area contributed by atoms with E-state index in [1.807, 2.05) is 45.0 Å². The Morgan fingerprint density at radius 1 is 1.16 bits per heavy atom. The third-order valence-electron chi connectivity index (χ3n) is 5.83. The Kier molecular flexibility index (Phi) is 8.59. The van der Waals surface area contributed by atoms with Crippen LogP contribution < -0.4 is 5.32 Å². The molecule has 1 aliphatic rings.